The Hall–Kier alpha value is -0.200. The summed E-state index contributed by atoms with van der Waals surface area (Å²) in [5, 5.41) is 0. The van der Waals surface area contributed by atoms with Crippen LogP contribution in [0.3, 0.4) is 0 Å². The van der Waals surface area contributed by atoms with E-state index in [9.17, 15) is 0 Å². The maximum absolute atomic E-state index is 5.89. The molecule has 0 aliphatic carbocycles. The Morgan fingerprint density at radius 3 is 2.15 bits per heavy atom. The molecule has 0 spiro atoms. The molecule has 0 N–H and O–H groups in total. The van der Waals surface area contributed by atoms with E-state index in [0.717, 1.165) is 6.42 Å². The molecule has 0 aromatic heterocycles. The van der Waals surface area contributed by atoms with E-state index in [4.69, 9.17) is 23.7 Å². The summed E-state index contributed by atoms with van der Waals surface area (Å²) in [7, 11) is 0. The predicted octanol–water partition coefficient (Wildman–Crippen LogP) is 1.78. The first-order chi connectivity index (χ1) is 9.54. The molecule has 2 aliphatic rings. The van der Waals surface area contributed by atoms with Crippen molar-refractivity contribution in [3.63, 3.8) is 0 Å². The molecule has 5 heteroatoms. The topological polar surface area (TPSA) is 46.2 Å². The van der Waals surface area contributed by atoms with Gasteiger partial charge in [0.2, 0.25) is 0 Å². The Morgan fingerprint density at radius 1 is 0.800 bits per heavy atom. The van der Waals surface area contributed by atoms with Gasteiger partial charge >= 0.3 is 0 Å². The number of hydrogen-bond donors (Lipinski definition) is 0. The highest BCUT2D eigenvalue weighted by molar-refractivity contribution is 4.72. The summed E-state index contributed by atoms with van der Waals surface area (Å²) >= 11 is 0. The molecule has 6 atom stereocenters. The van der Waals surface area contributed by atoms with Gasteiger partial charge in [-0.05, 0) is 34.1 Å². The van der Waals surface area contributed by atoms with Gasteiger partial charge in [-0.1, -0.05) is 0 Å². The molecule has 2 fully saturated rings. The molecule has 20 heavy (non-hydrogen) atoms. The predicted molar refractivity (Wildman–Crippen MR) is 74.9 cm³/mol. The molecule has 0 amide bonds. The summed E-state index contributed by atoms with van der Waals surface area (Å²) in [6.45, 7) is 10.5. The zero-order valence-corrected chi connectivity index (χ0v) is 13.0. The van der Waals surface area contributed by atoms with Crippen LogP contribution in [0, 0.1) is 0 Å². The van der Waals surface area contributed by atoms with Crippen LogP contribution < -0.4 is 0 Å². The molecule has 6 unspecified atom stereocenters. The Morgan fingerprint density at radius 2 is 1.45 bits per heavy atom. The van der Waals surface area contributed by atoms with Gasteiger partial charge < -0.3 is 23.7 Å². The van der Waals surface area contributed by atoms with Crippen molar-refractivity contribution in [1.29, 1.82) is 0 Å². The molecule has 0 aromatic rings. The van der Waals surface area contributed by atoms with Gasteiger partial charge in [0.25, 0.3) is 0 Å². The molecule has 0 aromatic carbocycles. The van der Waals surface area contributed by atoms with Crippen LogP contribution in [0.5, 0.6) is 0 Å². The van der Waals surface area contributed by atoms with Gasteiger partial charge in [-0.25, -0.2) is 0 Å². The fourth-order valence-corrected chi connectivity index (χ4v) is 2.58. The lowest BCUT2D eigenvalue weighted by Crippen LogP contribution is -2.42. The van der Waals surface area contributed by atoms with Gasteiger partial charge in [-0.2, -0.15) is 0 Å². The molecular weight excluding hydrogens is 260 g/mol. The summed E-state index contributed by atoms with van der Waals surface area (Å²) in [5.41, 5.74) is 0. The van der Waals surface area contributed by atoms with Crippen molar-refractivity contribution in [2.45, 2.75) is 70.7 Å². The van der Waals surface area contributed by atoms with Crippen LogP contribution in [0.25, 0.3) is 0 Å². The van der Waals surface area contributed by atoms with Gasteiger partial charge in [0.15, 0.2) is 0 Å². The quantitative estimate of drug-likeness (QED) is 0.789. The average Bonchev–Trinajstić information content (AvgIpc) is 2.55. The molecule has 5 nitrogen and oxygen atoms in total. The van der Waals surface area contributed by atoms with E-state index < -0.39 is 0 Å². The van der Waals surface area contributed by atoms with E-state index in [0.29, 0.717) is 26.4 Å². The van der Waals surface area contributed by atoms with Crippen molar-refractivity contribution in [3.8, 4) is 0 Å². The Labute approximate surface area is 121 Å². The highest BCUT2D eigenvalue weighted by Crippen LogP contribution is 2.16. The SMILES string of the molecule is CC1CC(C)OC(COCC2COC(C)C(C)O2)CO1. The standard InChI is InChI=1S/C15H28O5/c1-10-5-11(2)19-14(8-17-10)6-16-7-15-9-18-12(3)13(4)20-15/h10-15H,5-9H2,1-4H3. The van der Waals surface area contributed by atoms with E-state index in [1.807, 2.05) is 13.8 Å². The van der Waals surface area contributed by atoms with Crippen molar-refractivity contribution >= 4 is 0 Å². The first-order valence-corrected chi connectivity index (χ1v) is 7.66. The Kier molecular flexibility index (Phi) is 6.23. The zero-order valence-electron chi connectivity index (χ0n) is 13.0. The fraction of sp³-hybridized carbons (Fsp3) is 1.00. The van der Waals surface area contributed by atoms with Gasteiger partial charge in [0.1, 0.15) is 12.2 Å². The number of ether oxygens (including phenoxy) is 5. The first kappa shape index (κ1) is 16.2. The van der Waals surface area contributed by atoms with Crippen molar-refractivity contribution in [1.82, 2.24) is 0 Å². The molecule has 2 saturated heterocycles. The normalized spacial score (nSPS) is 43.2. The smallest absolute Gasteiger partial charge is 0.105 e. The lowest BCUT2D eigenvalue weighted by Gasteiger charge is -2.33. The van der Waals surface area contributed by atoms with Crippen LogP contribution >= 0.6 is 0 Å². The van der Waals surface area contributed by atoms with Crippen LogP contribution in [0.15, 0.2) is 0 Å². The number of rotatable bonds is 4. The maximum Gasteiger partial charge on any atom is 0.105 e. The van der Waals surface area contributed by atoms with Crippen molar-refractivity contribution in [2.75, 3.05) is 26.4 Å². The molecular formula is C15H28O5. The molecule has 2 heterocycles. The number of hydrogen-bond acceptors (Lipinski definition) is 5. The summed E-state index contributed by atoms with van der Waals surface area (Å²) in [4.78, 5) is 0. The highest BCUT2D eigenvalue weighted by atomic mass is 16.6. The van der Waals surface area contributed by atoms with Crippen molar-refractivity contribution in [2.24, 2.45) is 0 Å². The third-order valence-corrected chi connectivity index (χ3v) is 3.88. The van der Waals surface area contributed by atoms with Crippen LogP contribution in [-0.2, 0) is 23.7 Å². The molecule has 0 saturated carbocycles. The minimum atomic E-state index is 0.0100. The van der Waals surface area contributed by atoms with Gasteiger partial charge in [-0.15, -0.1) is 0 Å². The largest absolute Gasteiger partial charge is 0.376 e. The summed E-state index contributed by atoms with van der Waals surface area (Å²) in [6, 6.07) is 0. The third-order valence-electron chi connectivity index (χ3n) is 3.88. The lowest BCUT2D eigenvalue weighted by molar-refractivity contribution is -0.187. The molecule has 2 rings (SSSR count). The molecule has 2 aliphatic heterocycles. The Bertz CT molecular complexity index is 285. The van der Waals surface area contributed by atoms with Crippen LogP contribution in [0.2, 0.25) is 0 Å². The van der Waals surface area contributed by atoms with Crippen LogP contribution in [0.1, 0.15) is 34.1 Å². The van der Waals surface area contributed by atoms with E-state index in [1.54, 1.807) is 0 Å². The monoisotopic (exact) mass is 288 g/mol. The molecule has 118 valence electrons. The minimum absolute atomic E-state index is 0.0100. The maximum atomic E-state index is 5.89. The summed E-state index contributed by atoms with van der Waals surface area (Å²) < 4.78 is 28.8. The fourth-order valence-electron chi connectivity index (χ4n) is 2.58. The van der Waals surface area contributed by atoms with Gasteiger partial charge in [-0.3, -0.25) is 0 Å². The summed E-state index contributed by atoms with van der Waals surface area (Å²) in [6.07, 6.45) is 1.72. The van der Waals surface area contributed by atoms with E-state index >= 15 is 0 Å². The Balaban J connectivity index is 1.65. The highest BCUT2D eigenvalue weighted by Gasteiger charge is 2.27. The second-order valence-corrected chi connectivity index (χ2v) is 5.99. The van der Waals surface area contributed by atoms with Gasteiger partial charge in [0, 0.05) is 0 Å². The zero-order chi connectivity index (χ0) is 14.5. The van der Waals surface area contributed by atoms with E-state index in [1.165, 1.54) is 0 Å². The van der Waals surface area contributed by atoms with Crippen LogP contribution in [0.4, 0.5) is 0 Å². The molecule has 0 bridgehead atoms. The molecule has 0 radical (unpaired) electrons. The second kappa shape index (κ2) is 7.71. The van der Waals surface area contributed by atoms with E-state index in [-0.39, 0.29) is 36.6 Å². The van der Waals surface area contributed by atoms with Crippen molar-refractivity contribution in [3.05, 3.63) is 0 Å². The van der Waals surface area contributed by atoms with Gasteiger partial charge in [0.05, 0.1) is 50.8 Å². The van der Waals surface area contributed by atoms with E-state index in [2.05, 4.69) is 13.8 Å². The average molecular weight is 288 g/mol. The first-order valence-electron chi connectivity index (χ1n) is 7.66. The second-order valence-electron chi connectivity index (χ2n) is 5.99. The van der Waals surface area contributed by atoms with Crippen molar-refractivity contribution < 1.29 is 23.7 Å². The lowest BCUT2D eigenvalue weighted by atomic mass is 10.2. The van der Waals surface area contributed by atoms with Crippen LogP contribution in [-0.4, -0.2) is 63.1 Å². The third kappa shape index (κ3) is 4.97. The minimum Gasteiger partial charge on any atom is -0.376 e. The summed E-state index contributed by atoms with van der Waals surface area (Å²) in [5.74, 6) is 0.